The molecule has 0 saturated heterocycles. The van der Waals surface area contributed by atoms with Crippen LogP contribution in [0.1, 0.15) is 13.8 Å². The van der Waals surface area contributed by atoms with E-state index in [0.717, 1.165) is 5.03 Å². The smallest absolute Gasteiger partial charge is 0.133 e. The van der Waals surface area contributed by atoms with E-state index in [9.17, 15) is 0 Å². The molecule has 0 bridgehead atoms. The Hall–Kier alpha value is -0.280. The standard InChI is InChI=1S/C7H9ClN2S/c1-5(2)11-7-3-6(8)9-4-10-7/h3-5H,1-2H3. The second kappa shape index (κ2) is 3.93. The predicted octanol–water partition coefficient (Wildman–Crippen LogP) is 2.63. The van der Waals surface area contributed by atoms with Crippen LogP contribution in [0.15, 0.2) is 17.4 Å². The lowest BCUT2D eigenvalue weighted by atomic mass is 10.6. The van der Waals surface area contributed by atoms with Crippen LogP contribution in [0.2, 0.25) is 5.15 Å². The van der Waals surface area contributed by atoms with Crippen molar-refractivity contribution in [3.05, 3.63) is 17.5 Å². The van der Waals surface area contributed by atoms with Crippen molar-refractivity contribution in [1.29, 1.82) is 0 Å². The average Bonchev–Trinajstić information content (AvgIpc) is 1.85. The van der Waals surface area contributed by atoms with Gasteiger partial charge in [0, 0.05) is 11.3 Å². The van der Waals surface area contributed by atoms with E-state index in [2.05, 4.69) is 23.8 Å². The van der Waals surface area contributed by atoms with Crippen molar-refractivity contribution < 1.29 is 0 Å². The molecule has 2 nitrogen and oxygen atoms in total. The highest BCUT2D eigenvalue weighted by atomic mass is 35.5. The van der Waals surface area contributed by atoms with Gasteiger partial charge in [-0.1, -0.05) is 25.4 Å². The summed E-state index contributed by atoms with van der Waals surface area (Å²) in [5.74, 6) is 0. The van der Waals surface area contributed by atoms with Crippen LogP contribution in [0.25, 0.3) is 0 Å². The molecule has 0 aliphatic heterocycles. The second-order valence-corrected chi connectivity index (χ2v) is 4.33. The minimum absolute atomic E-state index is 0.503. The van der Waals surface area contributed by atoms with Crippen LogP contribution in [0, 0.1) is 0 Å². The molecule has 0 atom stereocenters. The first-order valence-electron chi connectivity index (χ1n) is 3.32. The number of halogens is 1. The zero-order chi connectivity index (χ0) is 8.27. The first-order valence-corrected chi connectivity index (χ1v) is 4.58. The first kappa shape index (κ1) is 8.81. The summed E-state index contributed by atoms with van der Waals surface area (Å²) in [6.45, 7) is 4.22. The number of hydrogen-bond donors (Lipinski definition) is 0. The average molecular weight is 189 g/mol. The second-order valence-electron chi connectivity index (χ2n) is 2.35. The Morgan fingerprint density at radius 3 is 2.73 bits per heavy atom. The van der Waals surface area contributed by atoms with Crippen molar-refractivity contribution >= 4 is 23.4 Å². The van der Waals surface area contributed by atoms with Gasteiger partial charge in [-0.15, -0.1) is 11.8 Å². The van der Waals surface area contributed by atoms with Gasteiger partial charge in [0.25, 0.3) is 0 Å². The summed E-state index contributed by atoms with van der Waals surface area (Å²) in [6.07, 6.45) is 1.48. The quantitative estimate of drug-likeness (QED) is 0.527. The fourth-order valence-electron chi connectivity index (χ4n) is 0.623. The molecule has 1 rings (SSSR count). The zero-order valence-electron chi connectivity index (χ0n) is 6.41. The maximum absolute atomic E-state index is 5.66. The summed E-state index contributed by atoms with van der Waals surface area (Å²) in [5.41, 5.74) is 0. The summed E-state index contributed by atoms with van der Waals surface area (Å²) < 4.78 is 0. The molecule has 0 spiro atoms. The molecule has 1 aromatic rings. The molecule has 1 aromatic heterocycles. The lowest BCUT2D eigenvalue weighted by molar-refractivity contribution is 1.03. The van der Waals surface area contributed by atoms with Gasteiger partial charge in [-0.05, 0) is 0 Å². The third kappa shape index (κ3) is 3.08. The molecule has 4 heteroatoms. The van der Waals surface area contributed by atoms with Gasteiger partial charge < -0.3 is 0 Å². The van der Waals surface area contributed by atoms with E-state index in [-0.39, 0.29) is 0 Å². The van der Waals surface area contributed by atoms with Gasteiger partial charge in [0.05, 0.1) is 0 Å². The van der Waals surface area contributed by atoms with Gasteiger partial charge in [0.2, 0.25) is 0 Å². The Morgan fingerprint density at radius 1 is 1.45 bits per heavy atom. The number of rotatable bonds is 2. The van der Waals surface area contributed by atoms with Crippen molar-refractivity contribution in [1.82, 2.24) is 9.97 Å². The SMILES string of the molecule is CC(C)Sc1cc(Cl)ncn1. The Kier molecular flexibility index (Phi) is 3.15. The van der Waals surface area contributed by atoms with E-state index in [1.54, 1.807) is 17.8 Å². The number of hydrogen-bond acceptors (Lipinski definition) is 3. The van der Waals surface area contributed by atoms with Crippen LogP contribution in [-0.2, 0) is 0 Å². The van der Waals surface area contributed by atoms with E-state index in [4.69, 9.17) is 11.6 Å². The normalized spacial score (nSPS) is 10.5. The van der Waals surface area contributed by atoms with Crippen molar-refractivity contribution in [2.24, 2.45) is 0 Å². The molecular weight excluding hydrogens is 180 g/mol. The van der Waals surface area contributed by atoms with Gasteiger partial charge in [0.15, 0.2) is 0 Å². The van der Waals surface area contributed by atoms with E-state index in [1.165, 1.54) is 6.33 Å². The van der Waals surface area contributed by atoms with E-state index in [1.807, 2.05) is 0 Å². The van der Waals surface area contributed by atoms with Gasteiger partial charge in [-0.25, -0.2) is 9.97 Å². The van der Waals surface area contributed by atoms with E-state index < -0.39 is 0 Å². The van der Waals surface area contributed by atoms with Gasteiger partial charge in [0.1, 0.15) is 16.5 Å². The lowest BCUT2D eigenvalue weighted by Gasteiger charge is -2.01. The highest BCUT2D eigenvalue weighted by Gasteiger charge is 1.99. The third-order valence-electron chi connectivity index (χ3n) is 0.965. The molecule has 1 heterocycles. The van der Waals surface area contributed by atoms with Crippen LogP contribution in [0.3, 0.4) is 0 Å². The summed E-state index contributed by atoms with van der Waals surface area (Å²) >= 11 is 7.34. The maximum Gasteiger partial charge on any atom is 0.133 e. The molecule has 0 N–H and O–H groups in total. The summed E-state index contributed by atoms with van der Waals surface area (Å²) in [5, 5.41) is 1.96. The van der Waals surface area contributed by atoms with Gasteiger partial charge >= 0.3 is 0 Å². The van der Waals surface area contributed by atoms with Crippen molar-refractivity contribution in [2.45, 2.75) is 24.1 Å². The van der Waals surface area contributed by atoms with E-state index in [0.29, 0.717) is 10.4 Å². The van der Waals surface area contributed by atoms with E-state index >= 15 is 0 Å². The molecule has 0 saturated carbocycles. The van der Waals surface area contributed by atoms with Crippen LogP contribution < -0.4 is 0 Å². The van der Waals surface area contributed by atoms with Crippen LogP contribution in [0.4, 0.5) is 0 Å². The molecule has 60 valence electrons. The molecule has 0 fully saturated rings. The molecule has 0 aliphatic carbocycles. The van der Waals surface area contributed by atoms with Crippen LogP contribution >= 0.6 is 23.4 Å². The number of thioether (sulfide) groups is 1. The number of aromatic nitrogens is 2. The molecule has 0 unspecified atom stereocenters. The summed E-state index contributed by atoms with van der Waals surface area (Å²) in [7, 11) is 0. The minimum Gasteiger partial charge on any atom is -0.230 e. The van der Waals surface area contributed by atoms with Crippen molar-refractivity contribution in [2.75, 3.05) is 0 Å². The van der Waals surface area contributed by atoms with Crippen molar-refractivity contribution in [3.63, 3.8) is 0 Å². The first-order chi connectivity index (χ1) is 5.18. The Morgan fingerprint density at radius 2 is 2.18 bits per heavy atom. The van der Waals surface area contributed by atoms with Crippen molar-refractivity contribution in [3.8, 4) is 0 Å². The molecular formula is C7H9ClN2S. The monoisotopic (exact) mass is 188 g/mol. The van der Waals surface area contributed by atoms with Gasteiger partial charge in [-0.3, -0.25) is 0 Å². The largest absolute Gasteiger partial charge is 0.230 e. The molecule has 0 amide bonds. The number of nitrogens with zero attached hydrogens (tertiary/aromatic N) is 2. The summed E-state index contributed by atoms with van der Waals surface area (Å²) in [4.78, 5) is 7.84. The van der Waals surface area contributed by atoms with Crippen LogP contribution in [0.5, 0.6) is 0 Å². The predicted molar refractivity (Wildman–Crippen MR) is 48.0 cm³/mol. The van der Waals surface area contributed by atoms with Crippen LogP contribution in [-0.4, -0.2) is 15.2 Å². The molecule has 0 radical (unpaired) electrons. The molecule has 0 aliphatic rings. The minimum atomic E-state index is 0.503. The molecule has 11 heavy (non-hydrogen) atoms. The third-order valence-corrected chi connectivity index (χ3v) is 2.11. The highest BCUT2D eigenvalue weighted by Crippen LogP contribution is 2.21. The highest BCUT2D eigenvalue weighted by molar-refractivity contribution is 7.99. The Labute approximate surface area is 75.4 Å². The van der Waals surface area contributed by atoms with Gasteiger partial charge in [-0.2, -0.15) is 0 Å². The fraction of sp³-hybridized carbons (Fsp3) is 0.429. The fourth-order valence-corrected chi connectivity index (χ4v) is 1.61. The summed E-state index contributed by atoms with van der Waals surface area (Å²) in [6, 6.07) is 1.77. The lowest BCUT2D eigenvalue weighted by Crippen LogP contribution is -1.89. The Bertz CT molecular complexity index is 240. The zero-order valence-corrected chi connectivity index (χ0v) is 7.99. The topological polar surface area (TPSA) is 25.8 Å². The maximum atomic E-state index is 5.66. The molecule has 0 aromatic carbocycles. The Balaban J connectivity index is 2.71.